The number of hydrogen-bond acceptors (Lipinski definition) is 2. The second-order valence-electron chi connectivity index (χ2n) is 5.69. The third-order valence-corrected chi connectivity index (χ3v) is 3.08. The lowest BCUT2D eigenvalue weighted by Crippen LogP contribution is -2.32. The van der Waals surface area contributed by atoms with E-state index in [9.17, 15) is 0 Å². The van der Waals surface area contributed by atoms with Crippen LogP contribution in [0.25, 0.3) is 0 Å². The van der Waals surface area contributed by atoms with Crippen molar-refractivity contribution in [2.45, 2.75) is 52.6 Å². The molecule has 1 aromatic rings. The van der Waals surface area contributed by atoms with Crippen molar-refractivity contribution in [3.05, 3.63) is 34.9 Å². The second-order valence-corrected chi connectivity index (χ2v) is 5.69. The Bertz CT molecular complexity index is 350. The molecule has 0 saturated carbocycles. The van der Waals surface area contributed by atoms with E-state index in [2.05, 4.69) is 51.2 Å². The summed E-state index contributed by atoms with van der Waals surface area (Å²) in [4.78, 5) is 0. The second kappa shape index (κ2) is 6.18. The largest absolute Gasteiger partial charge is 0.326 e. The Morgan fingerprint density at radius 3 is 2.47 bits per heavy atom. The van der Waals surface area contributed by atoms with E-state index in [0.717, 1.165) is 25.9 Å². The summed E-state index contributed by atoms with van der Waals surface area (Å²) in [6.07, 6.45) is 2.20. The fourth-order valence-corrected chi connectivity index (χ4v) is 1.82. The Balaban J connectivity index is 2.25. The molecule has 0 atom stereocenters. The van der Waals surface area contributed by atoms with Crippen molar-refractivity contribution in [3.8, 4) is 0 Å². The van der Waals surface area contributed by atoms with E-state index in [1.54, 1.807) is 0 Å². The van der Waals surface area contributed by atoms with Crippen molar-refractivity contribution >= 4 is 0 Å². The maximum absolute atomic E-state index is 5.94. The van der Waals surface area contributed by atoms with Crippen molar-refractivity contribution in [1.82, 2.24) is 5.32 Å². The number of hydrogen-bond donors (Lipinski definition) is 2. The fraction of sp³-hybridized carbons (Fsp3) is 0.600. The lowest BCUT2D eigenvalue weighted by Gasteiger charge is -2.18. The number of nitrogens with one attached hydrogen (secondary N) is 1. The minimum atomic E-state index is -0.0396. The van der Waals surface area contributed by atoms with Crippen molar-refractivity contribution in [1.29, 1.82) is 0 Å². The van der Waals surface area contributed by atoms with Crippen molar-refractivity contribution in [3.63, 3.8) is 0 Å². The van der Waals surface area contributed by atoms with Crippen LogP contribution in [0, 0.1) is 13.8 Å². The molecule has 0 aliphatic heterocycles. The van der Waals surface area contributed by atoms with Gasteiger partial charge in [0.05, 0.1) is 0 Å². The van der Waals surface area contributed by atoms with Crippen LogP contribution in [-0.4, -0.2) is 12.1 Å². The lowest BCUT2D eigenvalue weighted by molar-refractivity contribution is 0.448. The molecular weight excluding hydrogens is 208 g/mol. The highest BCUT2D eigenvalue weighted by atomic mass is 14.8. The van der Waals surface area contributed by atoms with Crippen LogP contribution in [0.1, 0.15) is 43.4 Å². The molecule has 1 aromatic carbocycles. The highest BCUT2D eigenvalue weighted by molar-refractivity contribution is 5.29. The molecule has 0 radical (unpaired) electrons. The van der Waals surface area contributed by atoms with Gasteiger partial charge in [-0.25, -0.2) is 0 Å². The standard InChI is InChI=1S/C15H26N2/c1-12-6-7-14(10-13(12)2)11-17-9-5-8-15(3,4)16/h6-7,10,17H,5,8-9,11,16H2,1-4H3. The molecule has 1 rings (SSSR count). The van der Waals surface area contributed by atoms with Gasteiger partial charge >= 0.3 is 0 Å². The van der Waals surface area contributed by atoms with E-state index in [-0.39, 0.29) is 5.54 Å². The first-order valence-corrected chi connectivity index (χ1v) is 6.44. The van der Waals surface area contributed by atoms with Crippen molar-refractivity contribution in [2.24, 2.45) is 5.73 Å². The zero-order valence-corrected chi connectivity index (χ0v) is 11.6. The topological polar surface area (TPSA) is 38.0 Å². The molecule has 17 heavy (non-hydrogen) atoms. The average molecular weight is 234 g/mol. The van der Waals surface area contributed by atoms with Gasteiger partial charge in [-0.05, 0) is 63.8 Å². The van der Waals surface area contributed by atoms with Crippen molar-refractivity contribution < 1.29 is 0 Å². The van der Waals surface area contributed by atoms with Crippen LogP contribution >= 0.6 is 0 Å². The molecule has 2 nitrogen and oxygen atoms in total. The Hall–Kier alpha value is -0.860. The first-order chi connectivity index (χ1) is 7.88. The van der Waals surface area contributed by atoms with Gasteiger partial charge in [-0.15, -0.1) is 0 Å². The summed E-state index contributed by atoms with van der Waals surface area (Å²) in [7, 11) is 0. The van der Waals surface area contributed by atoms with Crippen LogP contribution < -0.4 is 11.1 Å². The number of nitrogens with two attached hydrogens (primary N) is 1. The maximum Gasteiger partial charge on any atom is 0.0205 e. The van der Waals surface area contributed by atoms with E-state index in [1.807, 2.05) is 0 Å². The molecule has 0 amide bonds. The molecule has 0 aliphatic carbocycles. The van der Waals surface area contributed by atoms with E-state index >= 15 is 0 Å². The number of aryl methyl sites for hydroxylation is 2. The molecular formula is C15H26N2. The van der Waals surface area contributed by atoms with Crippen LogP contribution in [0.15, 0.2) is 18.2 Å². The zero-order chi connectivity index (χ0) is 12.9. The van der Waals surface area contributed by atoms with Crippen LogP contribution in [0.4, 0.5) is 0 Å². The molecule has 0 unspecified atom stereocenters. The summed E-state index contributed by atoms with van der Waals surface area (Å²) in [5.74, 6) is 0. The molecule has 0 spiro atoms. The molecule has 2 heteroatoms. The SMILES string of the molecule is Cc1ccc(CNCCCC(C)(C)N)cc1C. The monoisotopic (exact) mass is 234 g/mol. The third-order valence-electron chi connectivity index (χ3n) is 3.08. The Morgan fingerprint density at radius 1 is 1.18 bits per heavy atom. The normalized spacial score (nSPS) is 11.8. The molecule has 0 aromatic heterocycles. The van der Waals surface area contributed by atoms with Gasteiger partial charge in [0.25, 0.3) is 0 Å². The number of benzene rings is 1. The fourth-order valence-electron chi connectivity index (χ4n) is 1.82. The van der Waals surface area contributed by atoms with Crippen LogP contribution in [0.3, 0.4) is 0 Å². The first kappa shape index (κ1) is 14.2. The van der Waals surface area contributed by atoms with Gasteiger partial charge in [0.15, 0.2) is 0 Å². The van der Waals surface area contributed by atoms with Gasteiger partial charge in [-0.1, -0.05) is 18.2 Å². The summed E-state index contributed by atoms with van der Waals surface area (Å²) in [5, 5.41) is 3.47. The van der Waals surface area contributed by atoms with E-state index < -0.39 is 0 Å². The third kappa shape index (κ3) is 5.85. The van der Waals surface area contributed by atoms with Gasteiger partial charge in [-0.2, -0.15) is 0 Å². The van der Waals surface area contributed by atoms with Gasteiger partial charge in [0.2, 0.25) is 0 Å². The summed E-state index contributed by atoms with van der Waals surface area (Å²) in [6, 6.07) is 6.65. The Labute approximate surface area is 106 Å². The maximum atomic E-state index is 5.94. The van der Waals surface area contributed by atoms with Crippen LogP contribution in [-0.2, 0) is 6.54 Å². The van der Waals surface area contributed by atoms with E-state index in [1.165, 1.54) is 16.7 Å². The van der Waals surface area contributed by atoms with E-state index in [4.69, 9.17) is 5.73 Å². The predicted molar refractivity (Wildman–Crippen MR) is 75.1 cm³/mol. The van der Waals surface area contributed by atoms with Crippen LogP contribution in [0.2, 0.25) is 0 Å². The molecule has 96 valence electrons. The van der Waals surface area contributed by atoms with Gasteiger partial charge in [0.1, 0.15) is 0 Å². The summed E-state index contributed by atoms with van der Waals surface area (Å²) >= 11 is 0. The Kier molecular flexibility index (Phi) is 5.16. The van der Waals surface area contributed by atoms with Gasteiger partial charge < -0.3 is 11.1 Å². The molecule has 3 N–H and O–H groups in total. The zero-order valence-electron chi connectivity index (χ0n) is 11.6. The Morgan fingerprint density at radius 2 is 1.88 bits per heavy atom. The molecule has 0 heterocycles. The minimum absolute atomic E-state index is 0.0396. The summed E-state index contributed by atoms with van der Waals surface area (Å²) in [6.45, 7) is 10.5. The van der Waals surface area contributed by atoms with Gasteiger partial charge in [-0.3, -0.25) is 0 Å². The molecule has 0 fully saturated rings. The smallest absolute Gasteiger partial charge is 0.0205 e. The van der Waals surface area contributed by atoms with E-state index in [0.29, 0.717) is 0 Å². The number of rotatable bonds is 6. The molecule has 0 bridgehead atoms. The minimum Gasteiger partial charge on any atom is -0.326 e. The van der Waals surface area contributed by atoms with Gasteiger partial charge in [0, 0.05) is 12.1 Å². The van der Waals surface area contributed by atoms with Crippen molar-refractivity contribution in [2.75, 3.05) is 6.54 Å². The average Bonchev–Trinajstić information content (AvgIpc) is 2.21. The van der Waals surface area contributed by atoms with Crippen LogP contribution in [0.5, 0.6) is 0 Å². The molecule has 0 saturated heterocycles. The highest BCUT2D eigenvalue weighted by Crippen LogP contribution is 2.10. The highest BCUT2D eigenvalue weighted by Gasteiger charge is 2.08. The summed E-state index contributed by atoms with van der Waals surface area (Å²) < 4.78 is 0. The first-order valence-electron chi connectivity index (χ1n) is 6.44. The predicted octanol–water partition coefficient (Wildman–Crippen LogP) is 2.91. The lowest BCUT2D eigenvalue weighted by atomic mass is 10.0. The summed E-state index contributed by atoms with van der Waals surface area (Å²) in [5.41, 5.74) is 9.99. The quantitative estimate of drug-likeness (QED) is 0.743. The molecule has 0 aliphatic rings.